The second-order valence-corrected chi connectivity index (χ2v) is 5.01. The van der Waals surface area contributed by atoms with Crippen molar-refractivity contribution in [1.82, 2.24) is 15.6 Å². The summed E-state index contributed by atoms with van der Waals surface area (Å²) in [5, 5.41) is 6.04. The van der Waals surface area contributed by atoms with Gasteiger partial charge < -0.3 is 20.1 Å². The molecule has 1 amide bonds. The molecule has 6 heteroatoms. The highest BCUT2D eigenvalue weighted by atomic mass is 16.5. The Kier molecular flexibility index (Phi) is 8.38. The summed E-state index contributed by atoms with van der Waals surface area (Å²) in [7, 11) is 1.64. The van der Waals surface area contributed by atoms with E-state index >= 15 is 0 Å². The molecule has 6 nitrogen and oxygen atoms in total. The third-order valence-corrected chi connectivity index (χ3v) is 2.71. The molecule has 0 bridgehead atoms. The van der Waals surface area contributed by atoms with Gasteiger partial charge in [-0.15, -0.1) is 0 Å². The number of aromatic nitrogens is 1. The quantitative estimate of drug-likeness (QED) is 0.633. The van der Waals surface area contributed by atoms with Crippen LogP contribution in [0.2, 0.25) is 0 Å². The van der Waals surface area contributed by atoms with E-state index in [1.54, 1.807) is 13.3 Å². The minimum Gasteiger partial charge on any atom is -0.482 e. The molecule has 1 heterocycles. The van der Waals surface area contributed by atoms with Crippen LogP contribution in [0.25, 0.3) is 0 Å². The monoisotopic (exact) mass is 295 g/mol. The summed E-state index contributed by atoms with van der Waals surface area (Å²) in [6.07, 6.45) is 2.43. The second-order valence-electron chi connectivity index (χ2n) is 5.01. The number of carbonyl (C=O) groups is 1. The maximum atomic E-state index is 11.5. The van der Waals surface area contributed by atoms with E-state index in [0.29, 0.717) is 24.9 Å². The van der Waals surface area contributed by atoms with Crippen molar-refractivity contribution in [2.75, 3.05) is 26.9 Å². The van der Waals surface area contributed by atoms with Crippen LogP contribution >= 0.6 is 0 Å². The number of rotatable bonds is 10. The number of nitrogens with one attached hydrogen (secondary N) is 2. The van der Waals surface area contributed by atoms with Crippen molar-refractivity contribution < 1.29 is 14.3 Å². The summed E-state index contributed by atoms with van der Waals surface area (Å²) in [5.41, 5.74) is 0.945. The topological polar surface area (TPSA) is 72.5 Å². The van der Waals surface area contributed by atoms with Crippen LogP contribution < -0.4 is 15.4 Å². The number of hydrogen-bond acceptors (Lipinski definition) is 5. The van der Waals surface area contributed by atoms with Crippen molar-refractivity contribution in [1.29, 1.82) is 0 Å². The standard InChI is InChI=1S/C15H25N3O3/c1-12(2)17-9-13-5-6-14(10-18-13)21-11-15(19)16-7-4-8-20-3/h5-6,10,12,17H,4,7-9,11H2,1-3H3,(H,16,19). The fourth-order valence-electron chi connectivity index (χ4n) is 1.55. The molecule has 1 rings (SSSR count). The number of carbonyl (C=O) groups excluding carboxylic acids is 1. The lowest BCUT2D eigenvalue weighted by Crippen LogP contribution is -2.30. The minimum absolute atomic E-state index is 0.00173. The SMILES string of the molecule is COCCCNC(=O)COc1ccc(CNC(C)C)nc1. The number of hydrogen-bond donors (Lipinski definition) is 2. The zero-order chi connectivity index (χ0) is 15.5. The lowest BCUT2D eigenvalue weighted by Gasteiger charge is -2.09. The van der Waals surface area contributed by atoms with Crippen LogP contribution in [-0.2, 0) is 16.1 Å². The van der Waals surface area contributed by atoms with Gasteiger partial charge in [0.15, 0.2) is 6.61 Å². The summed E-state index contributed by atoms with van der Waals surface area (Å²) in [6, 6.07) is 4.13. The first-order valence-corrected chi connectivity index (χ1v) is 7.18. The minimum atomic E-state index is -0.142. The summed E-state index contributed by atoms with van der Waals surface area (Å²) in [4.78, 5) is 15.8. The Hall–Kier alpha value is -1.66. The van der Waals surface area contributed by atoms with Crippen LogP contribution in [-0.4, -0.2) is 43.8 Å². The van der Waals surface area contributed by atoms with Crippen LogP contribution in [0.15, 0.2) is 18.3 Å². The molecule has 2 N–H and O–H groups in total. The first-order chi connectivity index (χ1) is 10.1. The maximum Gasteiger partial charge on any atom is 0.257 e. The van der Waals surface area contributed by atoms with E-state index in [1.165, 1.54) is 0 Å². The Balaban J connectivity index is 2.24. The van der Waals surface area contributed by atoms with Gasteiger partial charge in [-0.2, -0.15) is 0 Å². The highest BCUT2D eigenvalue weighted by Crippen LogP contribution is 2.08. The van der Waals surface area contributed by atoms with E-state index in [4.69, 9.17) is 9.47 Å². The predicted octanol–water partition coefficient (Wildman–Crippen LogP) is 1.11. The fourth-order valence-corrected chi connectivity index (χ4v) is 1.55. The van der Waals surface area contributed by atoms with Crippen molar-refractivity contribution >= 4 is 5.91 Å². The lowest BCUT2D eigenvalue weighted by molar-refractivity contribution is -0.123. The highest BCUT2D eigenvalue weighted by Gasteiger charge is 2.03. The first-order valence-electron chi connectivity index (χ1n) is 7.18. The smallest absolute Gasteiger partial charge is 0.257 e. The van der Waals surface area contributed by atoms with E-state index in [2.05, 4.69) is 29.5 Å². The van der Waals surface area contributed by atoms with Gasteiger partial charge >= 0.3 is 0 Å². The predicted molar refractivity (Wildman–Crippen MR) is 81.2 cm³/mol. The zero-order valence-electron chi connectivity index (χ0n) is 13.0. The van der Waals surface area contributed by atoms with E-state index in [1.807, 2.05) is 12.1 Å². The fraction of sp³-hybridized carbons (Fsp3) is 0.600. The van der Waals surface area contributed by atoms with Gasteiger partial charge in [0.25, 0.3) is 5.91 Å². The molecule has 0 aliphatic heterocycles. The molecule has 0 saturated heterocycles. The van der Waals surface area contributed by atoms with Crippen LogP contribution in [0.4, 0.5) is 0 Å². The summed E-state index contributed by atoms with van der Waals surface area (Å²) >= 11 is 0. The molecular weight excluding hydrogens is 270 g/mol. The van der Waals surface area contributed by atoms with Gasteiger partial charge in [0.1, 0.15) is 5.75 Å². The van der Waals surface area contributed by atoms with Crippen molar-refractivity contribution in [3.63, 3.8) is 0 Å². The highest BCUT2D eigenvalue weighted by molar-refractivity contribution is 5.77. The van der Waals surface area contributed by atoms with Crippen LogP contribution in [0.3, 0.4) is 0 Å². The molecule has 1 aromatic heterocycles. The molecule has 118 valence electrons. The van der Waals surface area contributed by atoms with Gasteiger partial charge in [-0.25, -0.2) is 0 Å². The molecular formula is C15H25N3O3. The van der Waals surface area contributed by atoms with Gasteiger partial charge in [0.05, 0.1) is 11.9 Å². The molecule has 0 atom stereocenters. The number of ether oxygens (including phenoxy) is 2. The van der Waals surface area contributed by atoms with Crippen LogP contribution in [0.5, 0.6) is 5.75 Å². The van der Waals surface area contributed by atoms with Crippen molar-refractivity contribution in [3.8, 4) is 5.75 Å². The van der Waals surface area contributed by atoms with Crippen LogP contribution in [0, 0.1) is 0 Å². The molecule has 0 fully saturated rings. The Labute approximate surface area is 126 Å². The Morgan fingerprint density at radius 2 is 2.19 bits per heavy atom. The Morgan fingerprint density at radius 3 is 2.81 bits per heavy atom. The zero-order valence-corrected chi connectivity index (χ0v) is 13.0. The molecule has 0 spiro atoms. The van der Waals surface area contributed by atoms with Gasteiger partial charge in [0, 0.05) is 32.8 Å². The number of methoxy groups -OCH3 is 1. The van der Waals surface area contributed by atoms with E-state index < -0.39 is 0 Å². The maximum absolute atomic E-state index is 11.5. The molecule has 0 saturated carbocycles. The Morgan fingerprint density at radius 1 is 1.38 bits per heavy atom. The summed E-state index contributed by atoms with van der Waals surface area (Å²) in [6.45, 7) is 6.12. The summed E-state index contributed by atoms with van der Waals surface area (Å²) in [5.74, 6) is 0.451. The third-order valence-electron chi connectivity index (χ3n) is 2.71. The van der Waals surface area contributed by atoms with Crippen molar-refractivity contribution in [3.05, 3.63) is 24.0 Å². The van der Waals surface area contributed by atoms with E-state index in [-0.39, 0.29) is 12.5 Å². The molecule has 0 aliphatic rings. The van der Waals surface area contributed by atoms with Crippen molar-refractivity contribution in [2.45, 2.75) is 32.9 Å². The first kappa shape index (κ1) is 17.4. The van der Waals surface area contributed by atoms with Gasteiger partial charge in [-0.1, -0.05) is 13.8 Å². The number of amides is 1. The average Bonchev–Trinajstić information content (AvgIpc) is 2.48. The van der Waals surface area contributed by atoms with Gasteiger partial charge in [-0.05, 0) is 18.6 Å². The molecule has 1 aromatic rings. The molecule has 0 aliphatic carbocycles. The molecule has 0 radical (unpaired) electrons. The van der Waals surface area contributed by atoms with Gasteiger partial charge in [-0.3, -0.25) is 9.78 Å². The van der Waals surface area contributed by atoms with Crippen LogP contribution in [0.1, 0.15) is 26.0 Å². The normalized spacial score (nSPS) is 10.7. The van der Waals surface area contributed by atoms with E-state index in [9.17, 15) is 4.79 Å². The third kappa shape index (κ3) is 8.27. The second kappa shape index (κ2) is 10.1. The Bertz CT molecular complexity index is 407. The summed E-state index contributed by atoms with van der Waals surface area (Å²) < 4.78 is 10.3. The lowest BCUT2D eigenvalue weighted by atomic mass is 10.3. The molecule has 0 aromatic carbocycles. The molecule has 0 unspecified atom stereocenters. The number of nitrogens with zero attached hydrogens (tertiary/aromatic N) is 1. The largest absolute Gasteiger partial charge is 0.482 e. The van der Waals surface area contributed by atoms with E-state index in [0.717, 1.165) is 18.7 Å². The van der Waals surface area contributed by atoms with Gasteiger partial charge in [0.2, 0.25) is 0 Å². The average molecular weight is 295 g/mol. The number of pyridine rings is 1. The van der Waals surface area contributed by atoms with Crippen molar-refractivity contribution in [2.24, 2.45) is 0 Å². The molecule has 21 heavy (non-hydrogen) atoms.